The fraction of sp³-hybridized carbons (Fsp3) is 0.538. The zero-order chi connectivity index (χ0) is 15.2. The summed E-state index contributed by atoms with van der Waals surface area (Å²) in [5, 5.41) is 2.91. The Labute approximate surface area is 121 Å². The first-order valence-corrected chi connectivity index (χ1v) is 6.58. The molecule has 0 aliphatic heterocycles. The van der Waals surface area contributed by atoms with E-state index in [9.17, 15) is 13.2 Å². The van der Waals surface area contributed by atoms with Crippen molar-refractivity contribution in [3.05, 3.63) is 28.8 Å². The summed E-state index contributed by atoms with van der Waals surface area (Å²) < 4.78 is 43.9. The Morgan fingerprint density at radius 2 is 2.10 bits per heavy atom. The van der Waals surface area contributed by atoms with Crippen molar-refractivity contribution in [1.29, 1.82) is 0 Å². The molecule has 114 valence electrons. The largest absolute Gasteiger partial charge is 0.418 e. The number of hydrogen-bond donors (Lipinski definition) is 2. The topological polar surface area (TPSA) is 47.3 Å². The number of benzene rings is 1. The Balaban J connectivity index is 2.93. The normalized spacial score (nSPS) is 13.3. The minimum Gasteiger partial charge on any atom is -0.383 e. The van der Waals surface area contributed by atoms with Gasteiger partial charge in [0, 0.05) is 23.9 Å². The highest BCUT2D eigenvalue weighted by atomic mass is 35.5. The van der Waals surface area contributed by atoms with Crippen molar-refractivity contribution in [3.8, 4) is 0 Å². The first-order chi connectivity index (χ1) is 9.38. The second-order valence-electron chi connectivity index (χ2n) is 4.42. The molecule has 0 aliphatic carbocycles. The van der Waals surface area contributed by atoms with E-state index in [1.165, 1.54) is 19.2 Å². The van der Waals surface area contributed by atoms with Crippen LogP contribution in [0.15, 0.2) is 18.2 Å². The van der Waals surface area contributed by atoms with Crippen LogP contribution in [-0.4, -0.2) is 26.3 Å². The van der Waals surface area contributed by atoms with Crippen LogP contribution in [0, 0.1) is 0 Å². The van der Waals surface area contributed by atoms with Gasteiger partial charge in [-0.1, -0.05) is 11.6 Å². The highest BCUT2D eigenvalue weighted by Gasteiger charge is 2.34. The van der Waals surface area contributed by atoms with Gasteiger partial charge in [-0.05, 0) is 37.6 Å². The van der Waals surface area contributed by atoms with Gasteiger partial charge in [0.05, 0.1) is 12.2 Å². The molecule has 0 bridgehead atoms. The minimum absolute atomic E-state index is 0.000899. The van der Waals surface area contributed by atoms with Gasteiger partial charge in [-0.25, -0.2) is 0 Å². The van der Waals surface area contributed by atoms with E-state index in [1.807, 2.05) is 0 Å². The highest BCUT2D eigenvalue weighted by Crippen LogP contribution is 2.36. The number of rotatable bonds is 7. The molecule has 1 unspecified atom stereocenters. The molecule has 0 aliphatic rings. The second kappa shape index (κ2) is 7.71. The van der Waals surface area contributed by atoms with Gasteiger partial charge in [-0.3, -0.25) is 0 Å². The summed E-state index contributed by atoms with van der Waals surface area (Å²) in [7, 11) is 1.50. The molecule has 1 aromatic carbocycles. The summed E-state index contributed by atoms with van der Waals surface area (Å²) in [6, 6.07) is 3.43. The molecule has 0 radical (unpaired) electrons. The Kier molecular flexibility index (Phi) is 6.58. The molecule has 20 heavy (non-hydrogen) atoms. The molecule has 0 fully saturated rings. The van der Waals surface area contributed by atoms with Crippen molar-refractivity contribution in [3.63, 3.8) is 0 Å². The number of hydrogen-bond acceptors (Lipinski definition) is 3. The number of alkyl halides is 3. The summed E-state index contributed by atoms with van der Waals surface area (Å²) in [4.78, 5) is 0. The molecule has 3 nitrogen and oxygen atoms in total. The van der Waals surface area contributed by atoms with Crippen LogP contribution in [0.1, 0.15) is 18.4 Å². The van der Waals surface area contributed by atoms with Crippen molar-refractivity contribution in [1.82, 2.24) is 0 Å². The van der Waals surface area contributed by atoms with E-state index in [4.69, 9.17) is 22.1 Å². The Hall–Kier alpha value is -0.980. The van der Waals surface area contributed by atoms with Crippen LogP contribution in [0.4, 0.5) is 18.9 Å². The van der Waals surface area contributed by atoms with Gasteiger partial charge in [0.1, 0.15) is 0 Å². The van der Waals surface area contributed by atoms with Crippen molar-refractivity contribution in [2.24, 2.45) is 5.73 Å². The van der Waals surface area contributed by atoms with Crippen LogP contribution in [0.3, 0.4) is 0 Å². The number of anilines is 1. The van der Waals surface area contributed by atoms with Gasteiger partial charge in [0.25, 0.3) is 0 Å². The third kappa shape index (κ3) is 5.19. The van der Waals surface area contributed by atoms with Gasteiger partial charge in [0.2, 0.25) is 0 Å². The van der Waals surface area contributed by atoms with E-state index >= 15 is 0 Å². The predicted octanol–water partition coefficient (Wildman–Crippen LogP) is 3.52. The van der Waals surface area contributed by atoms with Crippen molar-refractivity contribution < 1.29 is 17.9 Å². The molecule has 3 N–H and O–H groups in total. The third-order valence-electron chi connectivity index (χ3n) is 2.77. The third-order valence-corrected chi connectivity index (χ3v) is 3.01. The fourth-order valence-corrected chi connectivity index (χ4v) is 2.03. The predicted molar refractivity (Wildman–Crippen MR) is 74.0 cm³/mol. The highest BCUT2D eigenvalue weighted by molar-refractivity contribution is 6.30. The first-order valence-electron chi connectivity index (χ1n) is 6.20. The Morgan fingerprint density at radius 3 is 2.65 bits per heavy atom. The van der Waals surface area contributed by atoms with E-state index in [0.717, 1.165) is 6.07 Å². The number of nitrogens with two attached hydrogens (primary N) is 1. The average Bonchev–Trinajstić information content (AvgIpc) is 2.37. The van der Waals surface area contributed by atoms with Crippen molar-refractivity contribution in [2.75, 3.05) is 25.6 Å². The van der Waals surface area contributed by atoms with E-state index in [0.29, 0.717) is 26.0 Å². The van der Waals surface area contributed by atoms with Gasteiger partial charge in [-0.2, -0.15) is 13.2 Å². The van der Waals surface area contributed by atoms with E-state index < -0.39 is 11.7 Å². The van der Waals surface area contributed by atoms with Crippen LogP contribution in [0.5, 0.6) is 0 Å². The maximum atomic E-state index is 13.0. The molecular formula is C13H18ClF3N2O. The first kappa shape index (κ1) is 17.1. The zero-order valence-electron chi connectivity index (χ0n) is 11.1. The van der Waals surface area contributed by atoms with Crippen LogP contribution in [0.25, 0.3) is 0 Å². The smallest absolute Gasteiger partial charge is 0.383 e. The van der Waals surface area contributed by atoms with Crippen LogP contribution < -0.4 is 11.1 Å². The second-order valence-corrected chi connectivity index (χ2v) is 4.85. The lowest BCUT2D eigenvalue weighted by Crippen LogP contribution is -2.27. The summed E-state index contributed by atoms with van der Waals surface area (Å²) in [5.41, 5.74) is 4.64. The molecule has 1 atom stereocenters. The monoisotopic (exact) mass is 310 g/mol. The molecule has 0 heterocycles. The van der Waals surface area contributed by atoms with E-state index in [1.54, 1.807) is 0 Å². The van der Waals surface area contributed by atoms with Crippen molar-refractivity contribution >= 4 is 17.3 Å². The van der Waals surface area contributed by atoms with Gasteiger partial charge in [-0.15, -0.1) is 0 Å². The summed E-state index contributed by atoms with van der Waals surface area (Å²) in [5.74, 6) is 0. The lowest BCUT2D eigenvalue weighted by molar-refractivity contribution is -0.137. The molecule has 0 spiro atoms. The van der Waals surface area contributed by atoms with Crippen LogP contribution in [0.2, 0.25) is 5.02 Å². The molecule has 0 aromatic heterocycles. The average molecular weight is 311 g/mol. The molecule has 1 aromatic rings. The summed E-state index contributed by atoms with van der Waals surface area (Å²) in [6.45, 7) is 0.786. The van der Waals surface area contributed by atoms with E-state index in [2.05, 4.69) is 5.32 Å². The summed E-state index contributed by atoms with van der Waals surface area (Å²) >= 11 is 5.64. The minimum atomic E-state index is -4.46. The number of halogens is 4. The quantitative estimate of drug-likeness (QED) is 0.810. The molecule has 0 amide bonds. The maximum Gasteiger partial charge on any atom is 0.418 e. The zero-order valence-corrected chi connectivity index (χ0v) is 11.9. The number of nitrogens with one attached hydrogen (secondary N) is 1. The molecule has 7 heteroatoms. The van der Waals surface area contributed by atoms with Crippen molar-refractivity contribution in [2.45, 2.75) is 25.1 Å². The Morgan fingerprint density at radius 1 is 1.40 bits per heavy atom. The number of methoxy groups -OCH3 is 1. The SMILES string of the molecule is COCC(CCCN)Nc1ccc(Cl)cc1C(F)(F)F. The molecular weight excluding hydrogens is 293 g/mol. The molecule has 0 saturated carbocycles. The lowest BCUT2D eigenvalue weighted by Gasteiger charge is -2.22. The van der Waals surface area contributed by atoms with Crippen LogP contribution >= 0.6 is 11.6 Å². The maximum absolute atomic E-state index is 13.0. The molecule has 1 rings (SSSR count). The Bertz CT molecular complexity index is 427. The fourth-order valence-electron chi connectivity index (χ4n) is 1.86. The van der Waals surface area contributed by atoms with Gasteiger partial charge < -0.3 is 15.8 Å². The summed E-state index contributed by atoms with van der Waals surface area (Å²) in [6.07, 6.45) is -3.13. The molecule has 0 saturated heterocycles. The van der Waals surface area contributed by atoms with Crippen LogP contribution in [-0.2, 0) is 10.9 Å². The van der Waals surface area contributed by atoms with E-state index in [-0.39, 0.29) is 16.8 Å². The van der Waals surface area contributed by atoms with Gasteiger partial charge in [0.15, 0.2) is 0 Å². The lowest BCUT2D eigenvalue weighted by atomic mass is 10.1. The van der Waals surface area contributed by atoms with Gasteiger partial charge >= 0.3 is 6.18 Å². The number of ether oxygens (including phenoxy) is 1. The standard InChI is InChI=1S/C13H18ClF3N2O/c1-20-8-10(3-2-6-18)19-12-5-4-9(14)7-11(12)13(15,16)17/h4-5,7,10,19H,2-3,6,8,18H2,1H3.